The lowest BCUT2D eigenvalue weighted by Crippen LogP contribution is -2.12. The van der Waals surface area contributed by atoms with E-state index in [9.17, 15) is 9.90 Å². The van der Waals surface area contributed by atoms with E-state index in [1.807, 2.05) is 11.5 Å². The molecule has 1 aromatic heterocycles. The number of carbonyl (C=O) groups is 1. The maximum Gasteiger partial charge on any atom is 0.338 e. The number of nitrogens with zero attached hydrogens (tertiary/aromatic N) is 2. The van der Waals surface area contributed by atoms with Gasteiger partial charge < -0.3 is 14.8 Å². The average molecular weight is 196 g/mol. The monoisotopic (exact) mass is 196 g/mol. The molecular weight excluding hydrogens is 184 g/mol. The van der Waals surface area contributed by atoms with Crippen LogP contribution in [0.25, 0.3) is 0 Å². The van der Waals surface area contributed by atoms with Gasteiger partial charge in [-0.1, -0.05) is 0 Å². The third-order valence-corrected chi connectivity index (χ3v) is 2.58. The molecule has 2 N–H and O–H groups in total. The average Bonchev–Trinajstić information content (AvgIpc) is 2.68. The van der Waals surface area contributed by atoms with Crippen molar-refractivity contribution in [3.8, 4) is 0 Å². The van der Waals surface area contributed by atoms with Crippen molar-refractivity contribution < 1.29 is 15.0 Å². The molecule has 0 bridgehead atoms. The Morgan fingerprint density at radius 1 is 1.64 bits per heavy atom. The van der Waals surface area contributed by atoms with Gasteiger partial charge in [0.1, 0.15) is 11.5 Å². The molecule has 2 heterocycles. The van der Waals surface area contributed by atoms with Gasteiger partial charge in [-0.3, -0.25) is 0 Å². The summed E-state index contributed by atoms with van der Waals surface area (Å²) in [5.41, 5.74) is 1.19. The fourth-order valence-corrected chi connectivity index (χ4v) is 1.93. The van der Waals surface area contributed by atoms with Crippen LogP contribution in [0.1, 0.15) is 29.7 Å². The van der Waals surface area contributed by atoms with E-state index in [1.165, 1.54) is 0 Å². The minimum absolute atomic E-state index is 0.313. The second-order valence-electron chi connectivity index (χ2n) is 3.49. The highest BCUT2D eigenvalue weighted by Gasteiger charge is 2.27. The van der Waals surface area contributed by atoms with Crippen molar-refractivity contribution in [1.29, 1.82) is 0 Å². The number of aryl methyl sites for hydroxylation is 1. The minimum Gasteiger partial charge on any atom is -0.479 e. The predicted octanol–water partition coefficient (Wildman–Crippen LogP) is 0.256. The summed E-state index contributed by atoms with van der Waals surface area (Å²) in [6.45, 7) is 2.70. The van der Waals surface area contributed by atoms with E-state index in [0.29, 0.717) is 5.69 Å². The quantitative estimate of drug-likeness (QED) is 0.711. The van der Waals surface area contributed by atoms with Gasteiger partial charge in [-0.05, 0) is 19.8 Å². The maximum atomic E-state index is 10.6. The van der Waals surface area contributed by atoms with Crippen LogP contribution in [0.15, 0.2) is 0 Å². The lowest BCUT2D eigenvalue weighted by molar-refractivity contribution is -0.147. The first-order valence-electron chi connectivity index (χ1n) is 4.58. The lowest BCUT2D eigenvalue weighted by atomic mass is 10.2. The van der Waals surface area contributed by atoms with Crippen molar-refractivity contribution in [2.24, 2.45) is 0 Å². The molecule has 0 saturated heterocycles. The van der Waals surface area contributed by atoms with Gasteiger partial charge >= 0.3 is 5.97 Å². The number of aliphatic carboxylic acids is 1. The fourth-order valence-electron chi connectivity index (χ4n) is 1.93. The summed E-state index contributed by atoms with van der Waals surface area (Å²) in [5, 5.41) is 18.1. The van der Waals surface area contributed by atoms with Crippen molar-refractivity contribution in [2.45, 2.75) is 32.4 Å². The number of hydrogen-bond donors (Lipinski definition) is 2. The molecule has 1 aliphatic rings. The predicted molar refractivity (Wildman–Crippen MR) is 47.9 cm³/mol. The first kappa shape index (κ1) is 9.21. The van der Waals surface area contributed by atoms with E-state index in [1.54, 1.807) is 0 Å². The molecular formula is C9H12N2O3. The number of aliphatic hydroxyl groups is 1. The van der Waals surface area contributed by atoms with E-state index in [2.05, 4.69) is 4.98 Å². The van der Waals surface area contributed by atoms with Crippen LogP contribution < -0.4 is 0 Å². The molecule has 14 heavy (non-hydrogen) atoms. The second-order valence-corrected chi connectivity index (χ2v) is 3.49. The van der Waals surface area contributed by atoms with Crippen molar-refractivity contribution in [2.75, 3.05) is 0 Å². The topological polar surface area (TPSA) is 75.3 Å². The van der Waals surface area contributed by atoms with E-state index in [4.69, 9.17) is 5.11 Å². The smallest absolute Gasteiger partial charge is 0.338 e. The molecule has 1 aliphatic heterocycles. The summed E-state index contributed by atoms with van der Waals surface area (Å²) in [7, 11) is 0. The highest BCUT2D eigenvalue weighted by molar-refractivity contribution is 5.73. The minimum atomic E-state index is -1.48. The summed E-state index contributed by atoms with van der Waals surface area (Å²) in [5.74, 6) is -0.453. The molecule has 1 aromatic rings. The van der Waals surface area contributed by atoms with Crippen LogP contribution in [-0.2, 0) is 17.8 Å². The van der Waals surface area contributed by atoms with Gasteiger partial charge in [0.2, 0.25) is 0 Å². The zero-order chi connectivity index (χ0) is 10.3. The van der Waals surface area contributed by atoms with Crippen LogP contribution in [0.4, 0.5) is 0 Å². The molecule has 0 aliphatic carbocycles. The fraction of sp³-hybridized carbons (Fsp3) is 0.556. The van der Waals surface area contributed by atoms with Gasteiger partial charge in [-0.2, -0.15) is 0 Å². The first-order chi connectivity index (χ1) is 6.61. The van der Waals surface area contributed by atoms with Gasteiger partial charge in [-0.15, -0.1) is 0 Å². The van der Waals surface area contributed by atoms with E-state index in [0.717, 1.165) is 30.9 Å². The number of carboxylic acid groups (broad SMARTS) is 1. The number of fused-ring (bicyclic) bond motifs is 1. The molecule has 0 saturated carbocycles. The Morgan fingerprint density at radius 2 is 2.36 bits per heavy atom. The van der Waals surface area contributed by atoms with Crippen LogP contribution in [0, 0.1) is 6.92 Å². The standard InChI is InChI=1S/C9H12N2O3/c1-5-10-7(8(12)9(13)14)6-3-2-4-11(5)6/h8,12H,2-4H2,1H3,(H,13,14). The van der Waals surface area contributed by atoms with Gasteiger partial charge in [-0.25, -0.2) is 9.78 Å². The molecule has 0 amide bonds. The molecule has 0 fully saturated rings. The van der Waals surface area contributed by atoms with Crippen LogP contribution in [-0.4, -0.2) is 25.7 Å². The Morgan fingerprint density at radius 3 is 3.00 bits per heavy atom. The molecule has 5 heteroatoms. The molecule has 2 rings (SSSR count). The van der Waals surface area contributed by atoms with Crippen LogP contribution in [0.3, 0.4) is 0 Å². The van der Waals surface area contributed by atoms with E-state index >= 15 is 0 Å². The Hall–Kier alpha value is -1.36. The van der Waals surface area contributed by atoms with Crippen LogP contribution >= 0.6 is 0 Å². The number of aliphatic hydroxyl groups excluding tert-OH is 1. The van der Waals surface area contributed by atoms with E-state index in [-0.39, 0.29) is 0 Å². The molecule has 0 aromatic carbocycles. The SMILES string of the molecule is Cc1nc(C(O)C(=O)O)c2n1CCC2. The highest BCUT2D eigenvalue weighted by Crippen LogP contribution is 2.25. The summed E-state index contributed by atoms with van der Waals surface area (Å²) < 4.78 is 1.97. The third kappa shape index (κ3) is 1.21. The van der Waals surface area contributed by atoms with Gasteiger partial charge in [0.25, 0.3) is 0 Å². The van der Waals surface area contributed by atoms with Crippen molar-refractivity contribution in [3.05, 3.63) is 17.2 Å². The van der Waals surface area contributed by atoms with Crippen molar-refractivity contribution >= 4 is 5.97 Å². The molecule has 1 atom stereocenters. The zero-order valence-electron chi connectivity index (χ0n) is 7.90. The van der Waals surface area contributed by atoms with E-state index < -0.39 is 12.1 Å². The normalized spacial score (nSPS) is 16.7. The third-order valence-electron chi connectivity index (χ3n) is 2.58. The maximum absolute atomic E-state index is 10.6. The Kier molecular flexibility index (Phi) is 2.03. The molecule has 1 unspecified atom stereocenters. The molecule has 0 radical (unpaired) electrons. The number of rotatable bonds is 2. The molecule has 5 nitrogen and oxygen atoms in total. The lowest BCUT2D eigenvalue weighted by Gasteiger charge is -2.03. The summed E-state index contributed by atoms with van der Waals surface area (Å²) in [6, 6.07) is 0. The zero-order valence-corrected chi connectivity index (χ0v) is 7.90. The largest absolute Gasteiger partial charge is 0.479 e. The highest BCUT2D eigenvalue weighted by atomic mass is 16.4. The van der Waals surface area contributed by atoms with Crippen molar-refractivity contribution in [1.82, 2.24) is 9.55 Å². The summed E-state index contributed by atoms with van der Waals surface area (Å²) in [6.07, 6.45) is 0.321. The Balaban J connectivity index is 2.44. The van der Waals surface area contributed by atoms with Crippen molar-refractivity contribution in [3.63, 3.8) is 0 Å². The Bertz CT molecular complexity index is 384. The molecule has 76 valence electrons. The van der Waals surface area contributed by atoms with Gasteiger partial charge in [0, 0.05) is 12.2 Å². The summed E-state index contributed by atoms with van der Waals surface area (Å²) in [4.78, 5) is 14.7. The number of imidazole rings is 1. The number of aromatic nitrogens is 2. The Labute approximate surface area is 81.0 Å². The number of carboxylic acids is 1. The number of hydrogen-bond acceptors (Lipinski definition) is 3. The summed E-state index contributed by atoms with van der Waals surface area (Å²) >= 11 is 0. The van der Waals surface area contributed by atoms with Gasteiger partial charge in [0.15, 0.2) is 6.10 Å². The molecule has 0 spiro atoms. The first-order valence-corrected chi connectivity index (χ1v) is 4.58. The van der Waals surface area contributed by atoms with Crippen LogP contribution in [0.5, 0.6) is 0 Å². The van der Waals surface area contributed by atoms with Gasteiger partial charge in [0.05, 0.1) is 0 Å². The van der Waals surface area contributed by atoms with Crippen LogP contribution in [0.2, 0.25) is 0 Å². The second kappa shape index (κ2) is 3.09.